The molecule has 4 rings (SSSR count). The first-order valence-electron chi connectivity index (χ1n) is 9.26. The number of hydrogen-bond acceptors (Lipinski definition) is 2. The fraction of sp³-hybridized carbons (Fsp3) is 0.0769. The average Bonchev–Trinajstić information content (AvgIpc) is 2.79. The highest BCUT2D eigenvalue weighted by Crippen LogP contribution is 2.34. The molecule has 0 aromatic heterocycles. The average molecular weight is 366 g/mol. The van der Waals surface area contributed by atoms with Crippen LogP contribution in [0.3, 0.4) is 0 Å². The molecule has 0 aliphatic rings. The van der Waals surface area contributed by atoms with Crippen LogP contribution in [0, 0.1) is 0 Å². The van der Waals surface area contributed by atoms with Gasteiger partial charge < -0.3 is 9.47 Å². The first kappa shape index (κ1) is 17.9. The van der Waals surface area contributed by atoms with Gasteiger partial charge in [-0.2, -0.15) is 0 Å². The van der Waals surface area contributed by atoms with Gasteiger partial charge >= 0.3 is 0 Å². The number of rotatable bonds is 5. The van der Waals surface area contributed by atoms with E-state index >= 15 is 0 Å². The van der Waals surface area contributed by atoms with Crippen LogP contribution in [0.15, 0.2) is 97.1 Å². The molecule has 0 atom stereocenters. The lowest BCUT2D eigenvalue weighted by atomic mass is 9.93. The molecule has 0 bridgehead atoms. The van der Waals surface area contributed by atoms with E-state index in [9.17, 15) is 0 Å². The lowest BCUT2D eigenvalue weighted by Crippen LogP contribution is -1.88. The molecular weight excluding hydrogens is 344 g/mol. The fourth-order valence-corrected chi connectivity index (χ4v) is 3.36. The third-order valence-electron chi connectivity index (χ3n) is 4.85. The predicted molar refractivity (Wildman–Crippen MR) is 116 cm³/mol. The highest BCUT2D eigenvalue weighted by molar-refractivity contribution is 5.81. The second-order valence-corrected chi connectivity index (χ2v) is 6.63. The summed E-state index contributed by atoms with van der Waals surface area (Å²) >= 11 is 0. The van der Waals surface area contributed by atoms with E-state index in [2.05, 4.69) is 66.7 Å². The van der Waals surface area contributed by atoms with Crippen molar-refractivity contribution in [2.24, 2.45) is 0 Å². The highest BCUT2D eigenvalue weighted by atomic mass is 16.5. The first-order chi connectivity index (χ1) is 13.8. The summed E-state index contributed by atoms with van der Waals surface area (Å²) in [4.78, 5) is 0. The molecule has 0 radical (unpaired) electrons. The van der Waals surface area contributed by atoms with E-state index in [1.165, 1.54) is 11.1 Å². The van der Waals surface area contributed by atoms with E-state index in [0.29, 0.717) is 0 Å². The summed E-state index contributed by atoms with van der Waals surface area (Å²) in [5, 5.41) is 0. The maximum absolute atomic E-state index is 5.42. The Morgan fingerprint density at radius 2 is 0.821 bits per heavy atom. The Balaban J connectivity index is 1.90. The quantitative estimate of drug-likeness (QED) is 0.391. The minimum atomic E-state index is 0.852. The van der Waals surface area contributed by atoms with Crippen LogP contribution in [-0.2, 0) is 0 Å². The second-order valence-electron chi connectivity index (χ2n) is 6.63. The van der Waals surface area contributed by atoms with Crippen LogP contribution in [0.1, 0.15) is 0 Å². The van der Waals surface area contributed by atoms with Crippen molar-refractivity contribution in [2.45, 2.75) is 0 Å². The summed E-state index contributed by atoms with van der Waals surface area (Å²) in [6.07, 6.45) is 0. The molecule has 0 saturated carbocycles. The summed E-state index contributed by atoms with van der Waals surface area (Å²) < 4.78 is 10.8. The molecule has 28 heavy (non-hydrogen) atoms. The Hall–Kier alpha value is -3.52. The fourth-order valence-electron chi connectivity index (χ4n) is 3.36. The lowest BCUT2D eigenvalue weighted by Gasteiger charge is -2.12. The van der Waals surface area contributed by atoms with Crippen molar-refractivity contribution < 1.29 is 9.47 Å². The summed E-state index contributed by atoms with van der Waals surface area (Å²) in [7, 11) is 3.39. The van der Waals surface area contributed by atoms with Gasteiger partial charge in [0.05, 0.1) is 14.2 Å². The molecule has 0 fully saturated rings. The van der Waals surface area contributed by atoms with E-state index in [0.717, 1.165) is 33.8 Å². The second kappa shape index (κ2) is 8.01. The molecule has 138 valence electrons. The first-order valence-corrected chi connectivity index (χ1v) is 9.26. The Bertz CT molecular complexity index is 1020. The third kappa shape index (κ3) is 3.77. The van der Waals surface area contributed by atoms with Gasteiger partial charge in [-0.25, -0.2) is 0 Å². The number of methoxy groups -OCH3 is 2. The zero-order valence-electron chi connectivity index (χ0n) is 16.1. The van der Waals surface area contributed by atoms with Crippen LogP contribution < -0.4 is 9.47 Å². The minimum absolute atomic E-state index is 0.852. The van der Waals surface area contributed by atoms with E-state index in [1.807, 2.05) is 30.3 Å². The molecule has 0 unspecified atom stereocenters. The van der Waals surface area contributed by atoms with Gasteiger partial charge in [0.25, 0.3) is 0 Å². The number of benzene rings is 4. The Labute approximate surface area is 166 Å². The molecule has 2 nitrogen and oxygen atoms in total. The summed E-state index contributed by atoms with van der Waals surface area (Å²) in [5.74, 6) is 1.70. The topological polar surface area (TPSA) is 18.5 Å². The molecule has 0 spiro atoms. The normalized spacial score (nSPS) is 10.5. The molecule has 4 aromatic carbocycles. The predicted octanol–water partition coefficient (Wildman–Crippen LogP) is 6.70. The van der Waals surface area contributed by atoms with Gasteiger partial charge in [0.1, 0.15) is 11.5 Å². The van der Waals surface area contributed by atoms with Gasteiger partial charge in [-0.05, 0) is 75.8 Å². The molecular formula is C26H22O2. The summed E-state index contributed by atoms with van der Waals surface area (Å²) in [6.45, 7) is 0. The van der Waals surface area contributed by atoms with Gasteiger partial charge in [0.2, 0.25) is 0 Å². The number of hydrogen-bond donors (Lipinski definition) is 0. The summed E-state index contributed by atoms with van der Waals surface area (Å²) in [6, 6.07) is 33.5. The highest BCUT2D eigenvalue weighted by Gasteiger charge is 2.09. The Morgan fingerprint density at radius 3 is 1.29 bits per heavy atom. The van der Waals surface area contributed by atoms with Crippen molar-refractivity contribution in [2.75, 3.05) is 14.2 Å². The van der Waals surface area contributed by atoms with Crippen molar-refractivity contribution in [3.8, 4) is 44.9 Å². The zero-order valence-corrected chi connectivity index (χ0v) is 16.1. The number of ether oxygens (including phenoxy) is 2. The smallest absolute Gasteiger partial charge is 0.119 e. The molecule has 0 N–H and O–H groups in total. The van der Waals surface area contributed by atoms with E-state index < -0.39 is 0 Å². The van der Waals surface area contributed by atoms with Crippen LogP contribution in [0.25, 0.3) is 33.4 Å². The van der Waals surface area contributed by atoms with Crippen molar-refractivity contribution in [3.05, 3.63) is 97.1 Å². The molecule has 0 amide bonds. The van der Waals surface area contributed by atoms with Crippen LogP contribution in [0.2, 0.25) is 0 Å². The molecule has 0 aliphatic heterocycles. The monoisotopic (exact) mass is 366 g/mol. The van der Waals surface area contributed by atoms with Crippen LogP contribution in [0.4, 0.5) is 0 Å². The third-order valence-corrected chi connectivity index (χ3v) is 4.85. The lowest BCUT2D eigenvalue weighted by molar-refractivity contribution is 0.415. The maximum atomic E-state index is 5.42. The molecule has 0 heterocycles. The SMILES string of the molecule is COc1cccc(-c2cc(-c3ccccc3)cc(-c3cccc(OC)c3)c2)c1. The Kier molecular flexibility index (Phi) is 5.11. The standard InChI is InChI=1S/C26H22O2/c1-27-25-12-6-10-20(17-25)23-14-22(19-8-4-3-5-9-19)15-24(16-23)21-11-7-13-26(18-21)28-2/h3-18H,1-2H3. The zero-order chi connectivity index (χ0) is 19.3. The van der Waals surface area contributed by atoms with Crippen LogP contribution in [-0.4, -0.2) is 14.2 Å². The molecule has 4 aromatic rings. The van der Waals surface area contributed by atoms with Crippen molar-refractivity contribution >= 4 is 0 Å². The van der Waals surface area contributed by atoms with Crippen molar-refractivity contribution in [1.29, 1.82) is 0 Å². The van der Waals surface area contributed by atoms with E-state index in [1.54, 1.807) is 14.2 Å². The van der Waals surface area contributed by atoms with Crippen LogP contribution >= 0.6 is 0 Å². The van der Waals surface area contributed by atoms with E-state index in [4.69, 9.17) is 9.47 Å². The van der Waals surface area contributed by atoms with Crippen molar-refractivity contribution in [1.82, 2.24) is 0 Å². The van der Waals surface area contributed by atoms with Gasteiger partial charge in [-0.3, -0.25) is 0 Å². The van der Waals surface area contributed by atoms with E-state index in [-0.39, 0.29) is 0 Å². The molecule has 0 saturated heterocycles. The maximum Gasteiger partial charge on any atom is 0.119 e. The van der Waals surface area contributed by atoms with Gasteiger partial charge in [-0.1, -0.05) is 54.6 Å². The minimum Gasteiger partial charge on any atom is -0.497 e. The van der Waals surface area contributed by atoms with Gasteiger partial charge in [0.15, 0.2) is 0 Å². The molecule has 0 aliphatic carbocycles. The van der Waals surface area contributed by atoms with Gasteiger partial charge in [-0.15, -0.1) is 0 Å². The largest absolute Gasteiger partial charge is 0.497 e. The van der Waals surface area contributed by atoms with Crippen molar-refractivity contribution in [3.63, 3.8) is 0 Å². The summed E-state index contributed by atoms with van der Waals surface area (Å²) in [5.41, 5.74) is 6.92. The van der Waals surface area contributed by atoms with Crippen LogP contribution in [0.5, 0.6) is 11.5 Å². The Morgan fingerprint density at radius 1 is 0.393 bits per heavy atom. The van der Waals surface area contributed by atoms with Gasteiger partial charge in [0, 0.05) is 0 Å². The molecule has 2 heteroatoms.